The molecule has 2 atom stereocenters. The number of halogens is 3. The topological polar surface area (TPSA) is 126 Å². The van der Waals surface area contributed by atoms with Gasteiger partial charge in [-0.15, -0.1) is 0 Å². The summed E-state index contributed by atoms with van der Waals surface area (Å²) in [5.41, 5.74) is 7.57. The Hall–Kier alpha value is -5.13. The van der Waals surface area contributed by atoms with Crippen molar-refractivity contribution in [1.29, 1.82) is 5.26 Å². The Labute approximate surface area is 281 Å². The molecule has 2 aromatic heterocycles. The molecule has 2 aromatic carbocycles. The Morgan fingerprint density at radius 2 is 1.76 bits per heavy atom. The number of nitrogens with two attached hydrogens (primary N) is 1. The van der Waals surface area contributed by atoms with Crippen LogP contribution in [0.2, 0.25) is 0 Å². The molecule has 256 valence electrons. The summed E-state index contributed by atoms with van der Waals surface area (Å²) >= 11 is 0. The van der Waals surface area contributed by atoms with Gasteiger partial charge in [0.2, 0.25) is 0 Å². The Bertz CT molecular complexity index is 1920. The molecule has 2 aliphatic heterocycles. The third-order valence-corrected chi connectivity index (χ3v) is 9.08. The first-order valence-electron chi connectivity index (χ1n) is 16.2. The maximum absolute atomic E-state index is 14.2. The van der Waals surface area contributed by atoms with E-state index in [9.17, 15) is 28.0 Å². The fourth-order valence-corrected chi connectivity index (χ4v) is 6.68. The van der Waals surface area contributed by atoms with Crippen molar-refractivity contribution in [3.63, 3.8) is 0 Å². The lowest BCUT2D eigenvalue weighted by molar-refractivity contribution is -0.149. The highest BCUT2D eigenvalue weighted by atomic mass is 19.4. The first-order valence-corrected chi connectivity index (χ1v) is 16.2. The first kappa shape index (κ1) is 33.8. The lowest BCUT2D eigenvalue weighted by Gasteiger charge is -2.37. The van der Waals surface area contributed by atoms with E-state index in [1.165, 1.54) is 9.47 Å². The number of aromatic nitrogens is 3. The molecule has 2 saturated heterocycles. The summed E-state index contributed by atoms with van der Waals surface area (Å²) < 4.78 is 47.5. The van der Waals surface area contributed by atoms with Crippen molar-refractivity contribution in [3.8, 4) is 23.3 Å². The zero-order valence-corrected chi connectivity index (χ0v) is 27.0. The maximum atomic E-state index is 14.2. The summed E-state index contributed by atoms with van der Waals surface area (Å²) in [6, 6.07) is 19.5. The number of likely N-dealkylation sites (tertiary alicyclic amines) is 1. The van der Waals surface area contributed by atoms with Gasteiger partial charge in [-0.25, -0.2) is 9.78 Å². The Morgan fingerprint density at radius 1 is 1.06 bits per heavy atom. The zero-order chi connectivity index (χ0) is 34.7. The second kappa shape index (κ2) is 14.2. The number of nitrogen functional groups attached to an aromatic ring is 1. The molecular formula is C35H37F3N8O3. The molecule has 2 fully saturated rings. The molecule has 0 saturated carbocycles. The second-order valence-corrected chi connectivity index (χ2v) is 12.4. The normalized spacial score (nSPS) is 18.7. The molecule has 49 heavy (non-hydrogen) atoms. The monoisotopic (exact) mass is 674 g/mol. The number of piperidine rings is 1. The largest absolute Gasteiger partial charge is 0.457 e. The first-order chi connectivity index (χ1) is 23.5. The van der Waals surface area contributed by atoms with Gasteiger partial charge in [-0.2, -0.15) is 18.4 Å². The number of imidazole rings is 1. The predicted octanol–water partition coefficient (Wildman–Crippen LogP) is 4.74. The van der Waals surface area contributed by atoms with Crippen LogP contribution in [-0.4, -0.2) is 92.8 Å². The third-order valence-electron chi connectivity index (χ3n) is 9.08. The molecule has 2 aliphatic rings. The van der Waals surface area contributed by atoms with Crippen LogP contribution in [0.3, 0.4) is 0 Å². The average Bonchev–Trinajstić information content (AvgIpc) is 3.40. The molecule has 0 radical (unpaired) electrons. The van der Waals surface area contributed by atoms with Crippen LogP contribution in [0.5, 0.6) is 11.5 Å². The SMILES string of the molecule is CC(C=C(C#N)C(=O)N1CCC[C@@H](n2c(=O)n(-c3ccc(Oc4ccccc4)cc3)c3c(N)nccc32)C1)N1CCN(CC(F)(F)F)CC1. The van der Waals surface area contributed by atoms with E-state index in [-0.39, 0.29) is 42.8 Å². The number of alkyl halides is 3. The summed E-state index contributed by atoms with van der Waals surface area (Å²) in [4.78, 5) is 37.0. The van der Waals surface area contributed by atoms with Gasteiger partial charge >= 0.3 is 11.9 Å². The van der Waals surface area contributed by atoms with Crippen molar-refractivity contribution in [1.82, 2.24) is 28.8 Å². The van der Waals surface area contributed by atoms with Crippen LogP contribution < -0.4 is 16.2 Å². The van der Waals surface area contributed by atoms with E-state index in [1.807, 2.05) is 48.2 Å². The minimum absolute atomic E-state index is 0.0353. The number of para-hydroxylation sites is 1. The van der Waals surface area contributed by atoms with Crippen molar-refractivity contribution in [2.45, 2.75) is 38.0 Å². The number of anilines is 1. The third kappa shape index (κ3) is 7.48. The number of nitriles is 1. The fraction of sp³-hybridized carbons (Fsp3) is 0.371. The van der Waals surface area contributed by atoms with Gasteiger partial charge in [-0.1, -0.05) is 18.2 Å². The summed E-state index contributed by atoms with van der Waals surface area (Å²) in [6.07, 6.45) is 0.103. The number of fused-ring (bicyclic) bond motifs is 1. The lowest BCUT2D eigenvalue weighted by atomic mass is 10.0. The molecule has 4 heterocycles. The van der Waals surface area contributed by atoms with Gasteiger partial charge in [-0.3, -0.25) is 23.7 Å². The van der Waals surface area contributed by atoms with Crippen molar-refractivity contribution in [2.24, 2.45) is 0 Å². The van der Waals surface area contributed by atoms with E-state index >= 15 is 0 Å². The van der Waals surface area contributed by atoms with Gasteiger partial charge in [0.15, 0.2) is 0 Å². The van der Waals surface area contributed by atoms with E-state index in [0.717, 1.165) is 0 Å². The van der Waals surface area contributed by atoms with E-state index in [2.05, 4.69) is 4.98 Å². The van der Waals surface area contributed by atoms with Gasteiger partial charge in [0.25, 0.3) is 5.91 Å². The fourth-order valence-electron chi connectivity index (χ4n) is 6.68. The Morgan fingerprint density at radius 3 is 2.43 bits per heavy atom. The van der Waals surface area contributed by atoms with Gasteiger partial charge < -0.3 is 15.4 Å². The maximum Gasteiger partial charge on any atom is 0.401 e. The Kier molecular flexibility index (Phi) is 9.75. The zero-order valence-electron chi connectivity index (χ0n) is 27.0. The molecular weight excluding hydrogens is 637 g/mol. The summed E-state index contributed by atoms with van der Waals surface area (Å²) in [7, 11) is 0. The van der Waals surface area contributed by atoms with Crippen LogP contribution in [0.25, 0.3) is 16.7 Å². The number of nitrogens with zero attached hydrogens (tertiary/aromatic N) is 7. The number of piperazine rings is 1. The molecule has 1 unspecified atom stereocenters. The summed E-state index contributed by atoms with van der Waals surface area (Å²) in [5.74, 6) is 1.02. The van der Waals surface area contributed by atoms with Crippen LogP contribution in [0, 0.1) is 11.3 Å². The van der Waals surface area contributed by atoms with Crippen LogP contribution in [0.15, 0.2) is 83.3 Å². The highest BCUT2D eigenvalue weighted by molar-refractivity contribution is 5.97. The molecule has 0 bridgehead atoms. The number of ether oxygens (including phenoxy) is 1. The standard InChI is InChI=1S/C35H37F3N8O3/c1-24(43-18-16-42(17-19-43)23-35(36,37)38)20-25(21-39)33(47)44-15-5-6-27(22-44)45-30-13-14-41-32(40)31(30)46(34(45)48)26-9-11-29(12-10-26)49-28-7-3-2-4-8-28/h2-4,7-14,20,24,27H,5-6,15-19,22-23H2,1H3,(H2,40,41)/t24?,27-/m1/s1. The number of carbonyl (C=O) groups excluding carboxylic acids is 1. The number of pyridine rings is 1. The van der Waals surface area contributed by atoms with Crippen LogP contribution in [0.1, 0.15) is 25.8 Å². The summed E-state index contributed by atoms with van der Waals surface area (Å²) in [6.45, 7) is 2.76. The minimum Gasteiger partial charge on any atom is -0.457 e. The quantitative estimate of drug-likeness (QED) is 0.210. The predicted molar refractivity (Wildman–Crippen MR) is 178 cm³/mol. The van der Waals surface area contributed by atoms with E-state index < -0.39 is 24.7 Å². The number of hydrogen-bond acceptors (Lipinski definition) is 8. The van der Waals surface area contributed by atoms with Crippen molar-refractivity contribution in [2.75, 3.05) is 51.5 Å². The Balaban J connectivity index is 1.21. The lowest BCUT2D eigenvalue weighted by Crippen LogP contribution is -2.51. The second-order valence-electron chi connectivity index (χ2n) is 12.4. The number of benzene rings is 2. The van der Waals surface area contributed by atoms with E-state index in [1.54, 1.807) is 52.1 Å². The molecule has 4 aromatic rings. The molecule has 6 rings (SSSR count). The van der Waals surface area contributed by atoms with Crippen molar-refractivity contribution < 1.29 is 22.7 Å². The average molecular weight is 675 g/mol. The van der Waals surface area contributed by atoms with E-state index in [0.29, 0.717) is 60.7 Å². The number of carbonyl (C=O) groups is 1. The summed E-state index contributed by atoms with van der Waals surface area (Å²) in [5, 5.41) is 9.97. The number of hydrogen-bond donors (Lipinski definition) is 1. The van der Waals surface area contributed by atoms with Crippen molar-refractivity contribution in [3.05, 3.63) is 89.0 Å². The highest BCUT2D eigenvalue weighted by Crippen LogP contribution is 2.30. The van der Waals surface area contributed by atoms with Crippen LogP contribution >= 0.6 is 0 Å². The van der Waals surface area contributed by atoms with Gasteiger partial charge in [-0.05, 0) is 68.3 Å². The minimum atomic E-state index is -4.26. The highest BCUT2D eigenvalue weighted by Gasteiger charge is 2.34. The van der Waals surface area contributed by atoms with Crippen molar-refractivity contribution >= 4 is 22.8 Å². The molecule has 2 N–H and O–H groups in total. The van der Waals surface area contributed by atoms with Gasteiger partial charge in [0.1, 0.15) is 34.5 Å². The van der Waals surface area contributed by atoms with Gasteiger partial charge in [0.05, 0.1) is 23.8 Å². The molecule has 0 aliphatic carbocycles. The molecule has 11 nitrogen and oxygen atoms in total. The smallest absolute Gasteiger partial charge is 0.401 e. The number of rotatable bonds is 8. The molecule has 1 amide bonds. The van der Waals surface area contributed by atoms with Gasteiger partial charge in [0, 0.05) is 51.5 Å². The van der Waals surface area contributed by atoms with Crippen LogP contribution in [-0.2, 0) is 4.79 Å². The van der Waals surface area contributed by atoms with Crippen LogP contribution in [0.4, 0.5) is 19.0 Å². The number of amides is 1. The molecule has 0 spiro atoms. The molecule has 14 heteroatoms. The van der Waals surface area contributed by atoms with E-state index in [4.69, 9.17) is 10.5 Å².